The Morgan fingerprint density at radius 1 is 1.25 bits per heavy atom. The van der Waals surface area contributed by atoms with E-state index in [2.05, 4.69) is 15.3 Å². The second kappa shape index (κ2) is 7.40. The highest BCUT2D eigenvalue weighted by Gasteiger charge is 2.09. The number of carbonyl (C=O) groups excluding carboxylic acids is 1. The molecule has 1 aromatic heterocycles. The lowest BCUT2D eigenvalue weighted by Gasteiger charge is -2.07. The topological polar surface area (TPSA) is 138 Å². The third kappa shape index (κ3) is 4.19. The fourth-order valence-electron chi connectivity index (χ4n) is 2.26. The summed E-state index contributed by atoms with van der Waals surface area (Å²) in [6.07, 6.45) is 1.03. The molecule has 1 heterocycles. The minimum Gasteiger partial charge on any atom is -0.478 e. The number of nitrogen functional groups attached to an aromatic ring is 1. The zero-order valence-electron chi connectivity index (χ0n) is 13.1. The van der Waals surface area contributed by atoms with Crippen LogP contribution in [-0.2, 0) is 6.42 Å². The summed E-state index contributed by atoms with van der Waals surface area (Å²) in [6, 6.07) is 5.66. The van der Waals surface area contributed by atoms with Crippen molar-refractivity contribution in [2.75, 3.05) is 12.3 Å². The number of aryl methyl sites for hydroxylation is 1. The van der Waals surface area contributed by atoms with E-state index in [1.807, 2.05) is 0 Å². The molecule has 0 unspecified atom stereocenters. The lowest BCUT2D eigenvalue weighted by atomic mass is 10.1. The number of hydrogen-bond acceptors (Lipinski definition) is 5. The van der Waals surface area contributed by atoms with Gasteiger partial charge >= 0.3 is 5.97 Å². The molecular weight excluding hydrogens is 312 g/mol. The summed E-state index contributed by atoms with van der Waals surface area (Å²) >= 11 is 0. The van der Waals surface area contributed by atoms with E-state index >= 15 is 0 Å². The van der Waals surface area contributed by atoms with Crippen molar-refractivity contribution >= 4 is 17.8 Å². The number of nitrogens with two attached hydrogens (primary N) is 1. The highest BCUT2D eigenvalue weighted by atomic mass is 16.4. The molecule has 0 spiro atoms. The second-order valence-electron chi connectivity index (χ2n) is 5.26. The Labute approximate surface area is 137 Å². The van der Waals surface area contributed by atoms with Crippen molar-refractivity contribution in [3.05, 3.63) is 57.0 Å². The van der Waals surface area contributed by atoms with Crippen LogP contribution in [0.5, 0.6) is 0 Å². The van der Waals surface area contributed by atoms with Crippen molar-refractivity contribution in [2.45, 2.75) is 19.8 Å². The quantitative estimate of drug-likeness (QED) is 0.576. The summed E-state index contributed by atoms with van der Waals surface area (Å²) in [7, 11) is 0. The van der Waals surface area contributed by atoms with E-state index in [-0.39, 0.29) is 23.0 Å². The number of carboxylic acid groups (broad SMARTS) is 1. The maximum Gasteiger partial charge on any atom is 0.335 e. The maximum atomic E-state index is 12.0. The molecule has 0 atom stereocenters. The number of hydrogen-bond donors (Lipinski definition) is 4. The number of H-pyrrole nitrogens is 1. The lowest BCUT2D eigenvalue weighted by Crippen LogP contribution is -2.26. The van der Waals surface area contributed by atoms with Gasteiger partial charge in [0.25, 0.3) is 11.5 Å². The Hall–Kier alpha value is -3.16. The van der Waals surface area contributed by atoms with Gasteiger partial charge in [0.05, 0.1) is 5.56 Å². The SMILES string of the molecule is Cc1nc(N)[nH]c(=O)c1CCCNC(=O)c1ccc(C(=O)O)cc1. The van der Waals surface area contributed by atoms with Crippen molar-refractivity contribution in [3.63, 3.8) is 0 Å². The first kappa shape index (κ1) is 17.2. The summed E-state index contributed by atoms with van der Waals surface area (Å²) in [5, 5.41) is 11.5. The summed E-state index contributed by atoms with van der Waals surface area (Å²) in [5.74, 6) is -1.26. The molecule has 1 amide bonds. The minimum absolute atomic E-state index is 0.0827. The van der Waals surface area contributed by atoms with Crippen molar-refractivity contribution in [3.8, 4) is 0 Å². The van der Waals surface area contributed by atoms with Crippen LogP contribution in [0.15, 0.2) is 29.1 Å². The summed E-state index contributed by atoms with van der Waals surface area (Å²) in [5.41, 5.74) is 6.81. The van der Waals surface area contributed by atoms with E-state index in [4.69, 9.17) is 10.8 Å². The number of nitrogens with zero attached hydrogens (tertiary/aromatic N) is 1. The molecule has 2 aromatic rings. The van der Waals surface area contributed by atoms with Crippen LogP contribution in [0.1, 0.15) is 38.4 Å². The van der Waals surface area contributed by atoms with Gasteiger partial charge in [0.2, 0.25) is 5.95 Å². The first-order chi connectivity index (χ1) is 11.4. The van der Waals surface area contributed by atoms with Gasteiger partial charge in [0, 0.05) is 23.4 Å². The second-order valence-corrected chi connectivity index (χ2v) is 5.26. The molecule has 8 heteroatoms. The molecule has 0 aliphatic rings. The van der Waals surface area contributed by atoms with E-state index in [1.54, 1.807) is 6.92 Å². The van der Waals surface area contributed by atoms with Crippen molar-refractivity contribution < 1.29 is 14.7 Å². The fraction of sp³-hybridized carbons (Fsp3) is 0.250. The first-order valence-corrected chi connectivity index (χ1v) is 7.35. The van der Waals surface area contributed by atoms with E-state index in [1.165, 1.54) is 24.3 Å². The predicted octanol–water partition coefficient (Wildman–Crippen LogP) is 0.721. The number of carbonyl (C=O) groups is 2. The third-order valence-corrected chi connectivity index (χ3v) is 3.52. The molecule has 2 rings (SSSR count). The highest BCUT2D eigenvalue weighted by molar-refractivity contribution is 5.95. The molecule has 126 valence electrons. The number of amides is 1. The Kier molecular flexibility index (Phi) is 5.31. The Balaban J connectivity index is 1.87. The van der Waals surface area contributed by atoms with Crippen LogP contribution < -0.4 is 16.6 Å². The number of carboxylic acids is 1. The molecule has 5 N–H and O–H groups in total. The molecule has 0 radical (unpaired) electrons. The van der Waals surface area contributed by atoms with Gasteiger partial charge in [0.15, 0.2) is 0 Å². The summed E-state index contributed by atoms with van der Waals surface area (Å²) in [4.78, 5) is 41.0. The predicted molar refractivity (Wildman–Crippen MR) is 88.1 cm³/mol. The van der Waals surface area contributed by atoms with Crippen LogP contribution in [0.4, 0.5) is 5.95 Å². The van der Waals surface area contributed by atoms with Gasteiger partial charge in [-0.1, -0.05) is 0 Å². The van der Waals surface area contributed by atoms with Crippen LogP contribution in [0.3, 0.4) is 0 Å². The average Bonchev–Trinajstić information content (AvgIpc) is 2.53. The van der Waals surface area contributed by atoms with Gasteiger partial charge in [-0.25, -0.2) is 9.78 Å². The summed E-state index contributed by atoms with van der Waals surface area (Å²) in [6.45, 7) is 2.09. The van der Waals surface area contributed by atoms with Crippen LogP contribution in [0, 0.1) is 6.92 Å². The normalized spacial score (nSPS) is 10.4. The average molecular weight is 330 g/mol. The fourth-order valence-corrected chi connectivity index (χ4v) is 2.26. The number of nitrogens with one attached hydrogen (secondary N) is 2. The van der Waals surface area contributed by atoms with E-state index < -0.39 is 5.97 Å². The van der Waals surface area contributed by atoms with Gasteiger partial charge in [-0.3, -0.25) is 14.6 Å². The van der Waals surface area contributed by atoms with Crippen LogP contribution >= 0.6 is 0 Å². The number of rotatable bonds is 6. The highest BCUT2D eigenvalue weighted by Crippen LogP contribution is 2.05. The molecule has 1 aromatic carbocycles. The Morgan fingerprint density at radius 3 is 2.46 bits per heavy atom. The van der Waals surface area contributed by atoms with Gasteiger partial charge in [-0.2, -0.15) is 0 Å². The van der Waals surface area contributed by atoms with Gasteiger partial charge in [0.1, 0.15) is 0 Å². The molecule has 0 saturated heterocycles. The monoisotopic (exact) mass is 330 g/mol. The number of aromatic nitrogens is 2. The standard InChI is InChI=1S/C16H18N4O4/c1-9-12(14(22)20-16(17)19-9)3-2-8-18-13(21)10-4-6-11(7-5-10)15(23)24/h4-7H,2-3,8H2,1H3,(H,18,21)(H,23,24)(H3,17,19,20,22). The smallest absolute Gasteiger partial charge is 0.335 e. The molecule has 0 fully saturated rings. The Bertz CT molecular complexity index is 812. The molecule has 24 heavy (non-hydrogen) atoms. The van der Waals surface area contributed by atoms with Gasteiger partial charge in [-0.05, 0) is 44.0 Å². The molecule has 0 aliphatic heterocycles. The first-order valence-electron chi connectivity index (χ1n) is 7.35. The van der Waals surface area contributed by atoms with Crippen LogP contribution in [0.2, 0.25) is 0 Å². The number of aromatic amines is 1. The van der Waals surface area contributed by atoms with E-state index in [0.29, 0.717) is 36.2 Å². The number of anilines is 1. The van der Waals surface area contributed by atoms with Crippen molar-refractivity contribution in [1.29, 1.82) is 0 Å². The van der Waals surface area contributed by atoms with Crippen LogP contribution in [-0.4, -0.2) is 33.5 Å². The molecule has 0 saturated carbocycles. The largest absolute Gasteiger partial charge is 0.478 e. The summed E-state index contributed by atoms with van der Waals surface area (Å²) < 4.78 is 0. The van der Waals surface area contributed by atoms with E-state index in [0.717, 1.165) is 0 Å². The molecule has 0 bridgehead atoms. The van der Waals surface area contributed by atoms with Gasteiger partial charge < -0.3 is 16.2 Å². The number of benzene rings is 1. The zero-order chi connectivity index (χ0) is 17.7. The molecular formula is C16H18N4O4. The van der Waals surface area contributed by atoms with E-state index in [9.17, 15) is 14.4 Å². The minimum atomic E-state index is -1.04. The Morgan fingerprint density at radius 2 is 1.88 bits per heavy atom. The zero-order valence-corrected chi connectivity index (χ0v) is 13.1. The number of aromatic carboxylic acids is 1. The van der Waals surface area contributed by atoms with Crippen molar-refractivity contribution in [1.82, 2.24) is 15.3 Å². The van der Waals surface area contributed by atoms with Gasteiger partial charge in [-0.15, -0.1) is 0 Å². The van der Waals surface area contributed by atoms with Crippen LogP contribution in [0.25, 0.3) is 0 Å². The molecule has 8 nitrogen and oxygen atoms in total. The lowest BCUT2D eigenvalue weighted by molar-refractivity contribution is 0.0696. The third-order valence-electron chi connectivity index (χ3n) is 3.52. The molecule has 0 aliphatic carbocycles. The van der Waals surface area contributed by atoms with Crippen molar-refractivity contribution in [2.24, 2.45) is 0 Å². The maximum absolute atomic E-state index is 12.0.